The number of benzene rings is 1. The summed E-state index contributed by atoms with van der Waals surface area (Å²) in [7, 11) is 0. The van der Waals surface area contributed by atoms with E-state index in [0.29, 0.717) is 5.56 Å². The Morgan fingerprint density at radius 3 is 2.82 bits per heavy atom. The van der Waals surface area contributed by atoms with Crippen LogP contribution in [-0.2, 0) is 6.42 Å². The zero-order valence-electron chi connectivity index (χ0n) is 6.33. The molecule has 1 aromatic carbocycles. The summed E-state index contributed by atoms with van der Waals surface area (Å²) in [6.45, 7) is 2.05. The van der Waals surface area contributed by atoms with Gasteiger partial charge in [-0.3, -0.25) is 0 Å². The molecule has 0 saturated heterocycles. The molecule has 0 atom stereocenters. The van der Waals surface area contributed by atoms with Crippen LogP contribution in [-0.4, -0.2) is 0 Å². The van der Waals surface area contributed by atoms with Gasteiger partial charge in [0.15, 0.2) is 0 Å². The molecule has 0 unspecified atom stereocenters. The van der Waals surface area contributed by atoms with Gasteiger partial charge in [0.1, 0.15) is 0 Å². The largest absolute Gasteiger partial charge is 0.192 e. The fourth-order valence-electron chi connectivity index (χ4n) is 0.938. The molecule has 0 heterocycles. The first-order chi connectivity index (χ1) is 5.27. The highest BCUT2D eigenvalue weighted by Crippen LogP contribution is 2.15. The zero-order valence-corrected chi connectivity index (χ0v) is 7.23. The predicted octanol–water partition coefficient (Wildman–Crippen LogP) is 2.41. The number of nitrogens with zero attached hydrogens (tertiary/aromatic N) is 1. The van der Waals surface area contributed by atoms with Gasteiger partial charge in [0.2, 0.25) is 0 Å². The summed E-state index contributed by atoms with van der Waals surface area (Å²) in [5.74, 6) is 0. The van der Waals surface area contributed by atoms with Crippen molar-refractivity contribution in [2.45, 2.75) is 18.2 Å². The lowest BCUT2D eigenvalue weighted by molar-refractivity contribution is 1.08. The molecule has 2 heteroatoms. The van der Waals surface area contributed by atoms with Crippen molar-refractivity contribution in [3.8, 4) is 6.07 Å². The van der Waals surface area contributed by atoms with Gasteiger partial charge in [0, 0.05) is 4.90 Å². The molecule has 0 aromatic heterocycles. The minimum absolute atomic E-state index is 0.708. The lowest BCUT2D eigenvalue weighted by Crippen LogP contribution is -1.84. The van der Waals surface area contributed by atoms with Crippen LogP contribution >= 0.6 is 12.6 Å². The third-order valence-corrected chi connectivity index (χ3v) is 2.03. The van der Waals surface area contributed by atoms with E-state index in [0.717, 1.165) is 16.9 Å². The molecule has 0 amide bonds. The van der Waals surface area contributed by atoms with Gasteiger partial charge in [-0.2, -0.15) is 5.26 Å². The maximum atomic E-state index is 8.57. The molecule has 0 aliphatic rings. The van der Waals surface area contributed by atoms with Gasteiger partial charge in [-0.05, 0) is 30.2 Å². The summed E-state index contributed by atoms with van der Waals surface area (Å²) in [6.07, 6.45) is 0.925. The number of thiol groups is 1. The van der Waals surface area contributed by atoms with Crippen LogP contribution in [0.15, 0.2) is 23.1 Å². The van der Waals surface area contributed by atoms with Gasteiger partial charge in [-0.15, -0.1) is 12.6 Å². The monoisotopic (exact) mass is 163 g/mol. The Morgan fingerprint density at radius 1 is 1.55 bits per heavy atom. The van der Waals surface area contributed by atoms with E-state index < -0.39 is 0 Å². The van der Waals surface area contributed by atoms with Crippen molar-refractivity contribution in [2.24, 2.45) is 0 Å². The van der Waals surface area contributed by atoms with Crippen LogP contribution in [0.5, 0.6) is 0 Å². The van der Waals surface area contributed by atoms with Crippen LogP contribution < -0.4 is 0 Å². The molecule has 1 aromatic rings. The molecule has 0 saturated carbocycles. The minimum Gasteiger partial charge on any atom is -0.192 e. The Balaban J connectivity index is 3.15. The second kappa shape index (κ2) is 3.45. The van der Waals surface area contributed by atoms with Gasteiger partial charge in [0.25, 0.3) is 0 Å². The highest BCUT2D eigenvalue weighted by molar-refractivity contribution is 7.80. The van der Waals surface area contributed by atoms with Crippen molar-refractivity contribution < 1.29 is 0 Å². The molecule has 1 rings (SSSR count). The first kappa shape index (κ1) is 8.16. The topological polar surface area (TPSA) is 23.8 Å². The first-order valence-electron chi connectivity index (χ1n) is 3.50. The van der Waals surface area contributed by atoms with Crippen molar-refractivity contribution in [1.29, 1.82) is 5.26 Å². The van der Waals surface area contributed by atoms with Crippen molar-refractivity contribution in [3.63, 3.8) is 0 Å². The summed E-state index contributed by atoms with van der Waals surface area (Å²) in [6, 6.07) is 7.61. The standard InChI is InChI=1S/C9H9NS/c1-2-8-5-7(6-10)3-4-9(8)11/h3-5,11H,2H2,1H3. The average Bonchev–Trinajstić information content (AvgIpc) is 2.05. The molecular formula is C9H9NS. The van der Waals surface area contributed by atoms with Crippen LogP contribution in [0.25, 0.3) is 0 Å². The molecule has 0 fully saturated rings. The van der Waals surface area contributed by atoms with Gasteiger partial charge in [-0.1, -0.05) is 6.92 Å². The predicted molar refractivity (Wildman–Crippen MR) is 47.8 cm³/mol. The molecule has 0 spiro atoms. The summed E-state index contributed by atoms with van der Waals surface area (Å²) < 4.78 is 0. The quantitative estimate of drug-likeness (QED) is 0.631. The Hall–Kier alpha value is -0.940. The van der Waals surface area contributed by atoms with E-state index >= 15 is 0 Å². The molecule has 0 aliphatic heterocycles. The average molecular weight is 163 g/mol. The van der Waals surface area contributed by atoms with E-state index in [1.165, 1.54) is 0 Å². The number of rotatable bonds is 1. The molecule has 56 valence electrons. The van der Waals surface area contributed by atoms with E-state index in [4.69, 9.17) is 5.26 Å². The Bertz CT molecular complexity index is 299. The number of hydrogen-bond donors (Lipinski definition) is 1. The van der Waals surface area contributed by atoms with Crippen molar-refractivity contribution in [3.05, 3.63) is 29.3 Å². The zero-order chi connectivity index (χ0) is 8.27. The third-order valence-electron chi connectivity index (χ3n) is 1.59. The van der Waals surface area contributed by atoms with Gasteiger partial charge < -0.3 is 0 Å². The van der Waals surface area contributed by atoms with E-state index in [1.807, 2.05) is 12.1 Å². The molecule has 0 N–H and O–H groups in total. The van der Waals surface area contributed by atoms with E-state index in [1.54, 1.807) is 6.07 Å². The Kier molecular flexibility index (Phi) is 2.56. The van der Waals surface area contributed by atoms with Gasteiger partial charge in [0.05, 0.1) is 11.6 Å². The second-order valence-electron chi connectivity index (χ2n) is 2.31. The van der Waals surface area contributed by atoms with Crippen LogP contribution in [0.2, 0.25) is 0 Å². The van der Waals surface area contributed by atoms with Crippen LogP contribution in [0.3, 0.4) is 0 Å². The molecular weight excluding hydrogens is 154 g/mol. The molecule has 0 radical (unpaired) electrons. The lowest BCUT2D eigenvalue weighted by Gasteiger charge is -2.00. The smallest absolute Gasteiger partial charge is 0.0991 e. The highest BCUT2D eigenvalue weighted by Gasteiger charge is 1.97. The third kappa shape index (κ3) is 1.75. The lowest BCUT2D eigenvalue weighted by atomic mass is 10.1. The SMILES string of the molecule is CCc1cc(C#N)ccc1S. The fourth-order valence-corrected chi connectivity index (χ4v) is 1.24. The normalized spacial score (nSPS) is 9.18. The minimum atomic E-state index is 0.708. The van der Waals surface area contributed by atoms with Crippen LogP contribution in [0.4, 0.5) is 0 Å². The molecule has 1 nitrogen and oxygen atoms in total. The number of aryl methyl sites for hydroxylation is 1. The summed E-state index contributed by atoms with van der Waals surface area (Å²) >= 11 is 4.25. The molecule has 11 heavy (non-hydrogen) atoms. The molecule has 0 aliphatic carbocycles. The fraction of sp³-hybridized carbons (Fsp3) is 0.222. The summed E-state index contributed by atoms with van der Waals surface area (Å²) in [5.41, 5.74) is 1.84. The van der Waals surface area contributed by atoms with Crippen molar-refractivity contribution in [1.82, 2.24) is 0 Å². The molecule has 0 bridgehead atoms. The highest BCUT2D eigenvalue weighted by atomic mass is 32.1. The maximum absolute atomic E-state index is 8.57. The van der Waals surface area contributed by atoms with Gasteiger partial charge in [-0.25, -0.2) is 0 Å². The van der Waals surface area contributed by atoms with Gasteiger partial charge >= 0.3 is 0 Å². The van der Waals surface area contributed by atoms with Crippen LogP contribution in [0.1, 0.15) is 18.1 Å². The first-order valence-corrected chi connectivity index (χ1v) is 3.94. The van der Waals surface area contributed by atoms with E-state index in [9.17, 15) is 0 Å². The number of hydrogen-bond acceptors (Lipinski definition) is 2. The van der Waals surface area contributed by atoms with Crippen LogP contribution in [0, 0.1) is 11.3 Å². The Morgan fingerprint density at radius 2 is 2.27 bits per heavy atom. The summed E-state index contributed by atoms with van der Waals surface area (Å²) in [5, 5.41) is 8.57. The second-order valence-corrected chi connectivity index (χ2v) is 2.79. The maximum Gasteiger partial charge on any atom is 0.0991 e. The van der Waals surface area contributed by atoms with E-state index in [-0.39, 0.29) is 0 Å². The number of nitriles is 1. The van der Waals surface area contributed by atoms with Crippen molar-refractivity contribution >= 4 is 12.6 Å². The summed E-state index contributed by atoms with van der Waals surface area (Å²) in [4.78, 5) is 0.964. The van der Waals surface area contributed by atoms with Crippen molar-refractivity contribution in [2.75, 3.05) is 0 Å². The van der Waals surface area contributed by atoms with E-state index in [2.05, 4.69) is 25.6 Å². The Labute approximate surface area is 72.1 Å².